The van der Waals surface area contributed by atoms with Gasteiger partial charge in [-0.1, -0.05) is 0 Å². The molecule has 0 saturated carbocycles. The van der Waals surface area contributed by atoms with Crippen LogP contribution in [0.4, 0.5) is 8.78 Å². The fourth-order valence-corrected chi connectivity index (χ4v) is 2.77. The third-order valence-corrected chi connectivity index (χ3v) is 3.47. The van der Waals surface area contributed by atoms with Gasteiger partial charge in [0.05, 0.1) is 11.8 Å². The summed E-state index contributed by atoms with van der Waals surface area (Å²) < 4.78 is 46.5. The smallest absolute Gasteiger partial charge is 0.267 e. The van der Waals surface area contributed by atoms with Crippen LogP contribution in [0.5, 0.6) is 5.75 Å². The van der Waals surface area contributed by atoms with Crippen molar-refractivity contribution in [2.24, 2.45) is 0 Å². The summed E-state index contributed by atoms with van der Waals surface area (Å²) in [4.78, 5) is 2.31. The number of pyridine rings is 1. The van der Waals surface area contributed by atoms with Crippen LogP contribution in [0.25, 0.3) is 0 Å². The van der Waals surface area contributed by atoms with E-state index >= 15 is 0 Å². The van der Waals surface area contributed by atoms with Gasteiger partial charge in [0, 0.05) is 10.7 Å². The molecule has 0 fully saturated rings. The van der Waals surface area contributed by atoms with Gasteiger partial charge in [-0.05, 0) is 15.9 Å². The Morgan fingerprint density at radius 2 is 2.07 bits per heavy atom. The molecule has 1 N–H and O–H groups in total. The van der Waals surface area contributed by atoms with Gasteiger partial charge in [-0.25, -0.2) is 22.2 Å². The molecule has 0 aliphatic carbocycles. The molecule has 4 nitrogen and oxygen atoms in total. The molecule has 0 spiro atoms. The monoisotopic (exact) mass is 321 g/mol. The van der Waals surface area contributed by atoms with Crippen molar-refractivity contribution < 1.29 is 22.3 Å². The van der Waals surface area contributed by atoms with E-state index in [1.165, 1.54) is 0 Å². The van der Waals surface area contributed by atoms with Crippen molar-refractivity contribution in [2.75, 3.05) is 0 Å². The van der Waals surface area contributed by atoms with Crippen molar-refractivity contribution in [1.82, 2.24) is 4.98 Å². The summed E-state index contributed by atoms with van der Waals surface area (Å²) in [5.74, 6) is -0.913. The summed E-state index contributed by atoms with van der Waals surface area (Å²) in [5, 5.41) is 9.12. The van der Waals surface area contributed by atoms with Gasteiger partial charge in [0.25, 0.3) is 15.5 Å². The Labute approximate surface area is 96.4 Å². The quantitative estimate of drug-likeness (QED) is 0.671. The van der Waals surface area contributed by atoms with Crippen LogP contribution in [0.1, 0.15) is 12.0 Å². The molecule has 1 aromatic rings. The van der Waals surface area contributed by atoms with Gasteiger partial charge in [0.2, 0.25) is 0 Å². The Balaban J connectivity index is 3.68. The number of aromatic nitrogens is 1. The third-order valence-electron chi connectivity index (χ3n) is 1.46. The first-order valence-electron chi connectivity index (χ1n) is 3.35. The lowest BCUT2D eigenvalue weighted by molar-refractivity contribution is 0.145. The van der Waals surface area contributed by atoms with E-state index in [1.807, 2.05) is 0 Å². The first-order valence-corrected chi connectivity index (χ1v) is 6.45. The van der Waals surface area contributed by atoms with Crippen LogP contribution in [-0.4, -0.2) is 18.5 Å². The van der Waals surface area contributed by atoms with E-state index < -0.39 is 31.7 Å². The maximum atomic E-state index is 12.5. The summed E-state index contributed by atoms with van der Waals surface area (Å²) in [5.41, 5.74) is -0.954. The second kappa shape index (κ2) is 4.18. The predicted molar refractivity (Wildman–Crippen MR) is 51.6 cm³/mol. The van der Waals surface area contributed by atoms with Gasteiger partial charge in [0.1, 0.15) is 9.50 Å². The fourth-order valence-electron chi connectivity index (χ4n) is 0.923. The van der Waals surface area contributed by atoms with Crippen molar-refractivity contribution in [3.63, 3.8) is 0 Å². The minimum Gasteiger partial charge on any atom is -0.505 e. The number of aromatic hydroxyl groups is 1. The standard InChI is InChI=1S/C6H3BrClF2NO3S/c7-5-3(6(9)10)4(15(8,13)14)2(12)1-11-5/h1,6,12H. The summed E-state index contributed by atoms with van der Waals surface area (Å²) in [6, 6.07) is 0. The molecule has 1 heterocycles. The predicted octanol–water partition coefficient (Wildman–Crippen LogP) is 2.41. The van der Waals surface area contributed by atoms with Gasteiger partial charge in [-0.3, -0.25) is 0 Å². The minimum atomic E-state index is -4.46. The Bertz CT molecular complexity index is 493. The zero-order chi connectivity index (χ0) is 11.8. The number of hydrogen-bond donors (Lipinski definition) is 1. The molecule has 0 aliphatic rings. The van der Waals surface area contributed by atoms with Crippen LogP contribution in [0.3, 0.4) is 0 Å². The first-order chi connectivity index (χ1) is 6.75. The number of rotatable bonds is 2. The van der Waals surface area contributed by atoms with E-state index in [4.69, 9.17) is 15.8 Å². The van der Waals surface area contributed by atoms with Crippen LogP contribution in [-0.2, 0) is 9.05 Å². The molecule has 9 heteroatoms. The summed E-state index contributed by atoms with van der Waals surface area (Å²) >= 11 is 2.65. The highest BCUT2D eigenvalue weighted by molar-refractivity contribution is 9.10. The summed E-state index contributed by atoms with van der Waals surface area (Å²) in [7, 11) is 0.456. The van der Waals surface area contributed by atoms with Gasteiger partial charge in [0.15, 0.2) is 5.75 Å². The first kappa shape index (κ1) is 12.6. The highest BCUT2D eigenvalue weighted by Crippen LogP contribution is 2.38. The van der Waals surface area contributed by atoms with Crippen LogP contribution < -0.4 is 0 Å². The lowest BCUT2D eigenvalue weighted by atomic mass is 10.3. The molecule has 84 valence electrons. The second-order valence-electron chi connectivity index (χ2n) is 2.42. The fraction of sp³-hybridized carbons (Fsp3) is 0.167. The average molecular weight is 323 g/mol. The third kappa shape index (κ3) is 2.56. The van der Waals surface area contributed by atoms with E-state index in [2.05, 4.69) is 20.9 Å². The van der Waals surface area contributed by atoms with Gasteiger partial charge >= 0.3 is 0 Å². The van der Waals surface area contributed by atoms with Crippen LogP contribution in [0.15, 0.2) is 15.7 Å². The molecular weight excluding hydrogens is 319 g/mol. The van der Waals surface area contributed by atoms with Gasteiger partial charge in [-0.15, -0.1) is 0 Å². The SMILES string of the molecule is O=S(=O)(Cl)c1c(O)cnc(Br)c1C(F)F. The molecule has 0 unspecified atom stereocenters. The van der Waals surface area contributed by atoms with E-state index in [1.54, 1.807) is 0 Å². The Morgan fingerprint density at radius 1 is 1.53 bits per heavy atom. The molecule has 0 aliphatic heterocycles. The van der Waals surface area contributed by atoms with Crippen molar-refractivity contribution in [1.29, 1.82) is 0 Å². The Hall–Kier alpha value is -0.470. The highest BCUT2D eigenvalue weighted by atomic mass is 79.9. The largest absolute Gasteiger partial charge is 0.505 e. The molecule has 0 amide bonds. The molecular formula is C6H3BrClF2NO3S. The number of nitrogens with zero attached hydrogens (tertiary/aromatic N) is 1. The molecule has 0 atom stereocenters. The lowest BCUT2D eigenvalue weighted by Crippen LogP contribution is -2.02. The maximum Gasteiger partial charge on any atom is 0.267 e. The van der Waals surface area contributed by atoms with Crippen molar-refractivity contribution in [3.8, 4) is 5.75 Å². The normalized spacial score (nSPS) is 12.1. The van der Waals surface area contributed by atoms with Crippen LogP contribution >= 0.6 is 26.6 Å². The molecule has 0 radical (unpaired) electrons. The Morgan fingerprint density at radius 3 is 2.40 bits per heavy atom. The van der Waals surface area contributed by atoms with Crippen molar-refractivity contribution >= 4 is 35.7 Å². The van der Waals surface area contributed by atoms with E-state index in [0.717, 1.165) is 0 Å². The molecule has 0 saturated heterocycles. The minimum absolute atomic E-state index is 0.380. The second-order valence-corrected chi connectivity index (χ2v) is 5.67. The molecule has 0 bridgehead atoms. The molecule has 1 aromatic heterocycles. The number of halogens is 4. The van der Waals surface area contributed by atoms with Gasteiger partial charge in [-0.2, -0.15) is 0 Å². The van der Waals surface area contributed by atoms with Gasteiger partial charge < -0.3 is 5.11 Å². The van der Waals surface area contributed by atoms with Crippen LogP contribution in [0.2, 0.25) is 0 Å². The summed E-state index contributed by atoms with van der Waals surface area (Å²) in [6.07, 6.45) is -2.41. The van der Waals surface area contributed by atoms with Crippen molar-refractivity contribution in [2.45, 2.75) is 11.3 Å². The number of hydrogen-bond acceptors (Lipinski definition) is 4. The maximum absolute atomic E-state index is 12.5. The number of alkyl halides is 2. The zero-order valence-corrected chi connectivity index (χ0v) is 9.94. The summed E-state index contributed by atoms with van der Waals surface area (Å²) in [6.45, 7) is 0. The van der Waals surface area contributed by atoms with Crippen molar-refractivity contribution in [3.05, 3.63) is 16.4 Å². The van der Waals surface area contributed by atoms with Crippen LogP contribution in [0, 0.1) is 0 Å². The van der Waals surface area contributed by atoms with E-state index in [0.29, 0.717) is 6.20 Å². The molecule has 15 heavy (non-hydrogen) atoms. The lowest BCUT2D eigenvalue weighted by Gasteiger charge is -2.08. The Kier molecular flexibility index (Phi) is 3.51. The zero-order valence-electron chi connectivity index (χ0n) is 6.79. The molecule has 1 rings (SSSR count). The van der Waals surface area contributed by atoms with E-state index in [9.17, 15) is 17.2 Å². The average Bonchev–Trinajstić information content (AvgIpc) is 2.05. The highest BCUT2D eigenvalue weighted by Gasteiger charge is 2.28. The van der Waals surface area contributed by atoms with E-state index in [-0.39, 0.29) is 4.60 Å². The topological polar surface area (TPSA) is 67.3 Å². The molecule has 0 aromatic carbocycles.